The van der Waals surface area contributed by atoms with E-state index in [0.717, 1.165) is 27.4 Å². The van der Waals surface area contributed by atoms with E-state index >= 15 is 0 Å². The predicted molar refractivity (Wildman–Crippen MR) is 66.6 cm³/mol. The molecule has 3 nitrogen and oxygen atoms in total. The highest BCUT2D eigenvalue weighted by atomic mass is 32.1. The zero-order valence-corrected chi connectivity index (χ0v) is 9.70. The Labute approximate surface area is 102 Å². The van der Waals surface area contributed by atoms with Gasteiger partial charge in [0.2, 0.25) is 0 Å². The number of benzene rings is 1. The molecule has 0 unspecified atom stereocenters. The van der Waals surface area contributed by atoms with Crippen LogP contribution in [-0.2, 0) is 6.42 Å². The topological polar surface area (TPSA) is 49.8 Å². The largest absolute Gasteiger partial charge is 0.454 e. The maximum absolute atomic E-state index is 8.61. The first-order valence-electron chi connectivity index (χ1n) is 5.17. The average Bonchev–Trinajstić information content (AvgIpc) is 2.94. The molecule has 0 aliphatic heterocycles. The molecule has 0 aliphatic rings. The number of aromatic nitrogens is 1. The molecule has 0 saturated heterocycles. The summed E-state index contributed by atoms with van der Waals surface area (Å²) in [5.74, 6) is 0.764. The molecule has 0 radical (unpaired) electrons. The fourth-order valence-corrected chi connectivity index (χ4v) is 2.44. The Balaban J connectivity index is 2.05. The number of furan rings is 1. The summed E-state index contributed by atoms with van der Waals surface area (Å²) < 4.78 is 5.71. The third-order valence-electron chi connectivity index (χ3n) is 2.45. The summed E-state index contributed by atoms with van der Waals surface area (Å²) in [4.78, 5) is 4.37. The van der Waals surface area contributed by atoms with Crippen molar-refractivity contribution in [2.75, 3.05) is 0 Å². The summed E-state index contributed by atoms with van der Waals surface area (Å²) in [6.07, 6.45) is 0.344. The summed E-state index contributed by atoms with van der Waals surface area (Å²) >= 11 is 1.50. The van der Waals surface area contributed by atoms with Crippen molar-refractivity contribution in [1.82, 2.24) is 4.98 Å². The van der Waals surface area contributed by atoms with E-state index in [2.05, 4.69) is 11.1 Å². The van der Waals surface area contributed by atoms with Crippen molar-refractivity contribution in [3.05, 3.63) is 41.4 Å². The summed E-state index contributed by atoms with van der Waals surface area (Å²) in [5, 5.41) is 12.4. The van der Waals surface area contributed by atoms with Crippen molar-refractivity contribution in [3.8, 4) is 16.8 Å². The lowest BCUT2D eigenvalue weighted by molar-refractivity contribution is 0.630. The van der Waals surface area contributed by atoms with Crippen molar-refractivity contribution >= 4 is 22.3 Å². The molecule has 1 aromatic carbocycles. The van der Waals surface area contributed by atoms with Crippen molar-refractivity contribution in [2.24, 2.45) is 0 Å². The molecule has 3 rings (SSSR count). The predicted octanol–water partition coefficient (Wildman–Crippen LogP) is 3.62. The Bertz CT molecular complexity index is 672. The number of nitriles is 1. The van der Waals surface area contributed by atoms with Gasteiger partial charge in [0.25, 0.3) is 0 Å². The Morgan fingerprint density at radius 1 is 1.35 bits per heavy atom. The third kappa shape index (κ3) is 1.81. The van der Waals surface area contributed by atoms with Crippen LogP contribution in [-0.4, -0.2) is 4.98 Å². The second-order valence-corrected chi connectivity index (χ2v) is 4.49. The summed E-state index contributed by atoms with van der Waals surface area (Å²) in [5.41, 5.74) is 1.66. The van der Waals surface area contributed by atoms with Gasteiger partial charge in [0, 0.05) is 10.8 Å². The van der Waals surface area contributed by atoms with Crippen molar-refractivity contribution in [2.45, 2.75) is 6.42 Å². The fourth-order valence-electron chi connectivity index (χ4n) is 1.67. The Hall–Kier alpha value is -2.12. The molecule has 0 N–H and O–H groups in total. The SMILES string of the molecule is N#CCc1csc(-c2cc3ccccc3o2)n1. The zero-order chi connectivity index (χ0) is 11.7. The number of hydrogen-bond donors (Lipinski definition) is 0. The fraction of sp³-hybridized carbons (Fsp3) is 0.0769. The lowest BCUT2D eigenvalue weighted by atomic mass is 10.2. The molecule has 0 aliphatic carbocycles. The van der Waals surface area contributed by atoms with Crippen LogP contribution in [0.5, 0.6) is 0 Å². The standard InChI is InChI=1S/C13H8N2OS/c14-6-5-10-8-17-13(15-10)12-7-9-3-1-2-4-11(9)16-12/h1-4,7-8H,5H2. The molecule has 0 bridgehead atoms. The number of hydrogen-bond acceptors (Lipinski definition) is 4. The molecule has 82 valence electrons. The molecule has 2 heterocycles. The summed E-state index contributed by atoms with van der Waals surface area (Å²) in [6.45, 7) is 0. The van der Waals surface area contributed by atoms with Crippen LogP contribution in [0.4, 0.5) is 0 Å². The molecular weight excluding hydrogens is 232 g/mol. The summed E-state index contributed by atoms with van der Waals surface area (Å²) in [6, 6.07) is 11.9. The maximum Gasteiger partial charge on any atom is 0.164 e. The van der Waals surface area contributed by atoms with Crippen LogP contribution in [0.15, 0.2) is 40.1 Å². The minimum Gasteiger partial charge on any atom is -0.454 e. The van der Waals surface area contributed by atoms with Gasteiger partial charge in [0.15, 0.2) is 10.8 Å². The quantitative estimate of drug-likeness (QED) is 0.687. The molecule has 0 atom stereocenters. The van der Waals surface area contributed by atoms with Crippen LogP contribution in [0.3, 0.4) is 0 Å². The highest BCUT2D eigenvalue weighted by molar-refractivity contribution is 7.13. The van der Waals surface area contributed by atoms with Crippen molar-refractivity contribution in [1.29, 1.82) is 5.26 Å². The average molecular weight is 240 g/mol. The second-order valence-electron chi connectivity index (χ2n) is 3.63. The van der Waals surface area contributed by atoms with Crippen LogP contribution >= 0.6 is 11.3 Å². The van der Waals surface area contributed by atoms with Gasteiger partial charge in [-0.05, 0) is 12.1 Å². The Morgan fingerprint density at radius 2 is 2.24 bits per heavy atom. The highest BCUT2D eigenvalue weighted by Gasteiger charge is 2.09. The van der Waals surface area contributed by atoms with Crippen LogP contribution in [0.1, 0.15) is 5.69 Å². The number of rotatable bonds is 2. The zero-order valence-electron chi connectivity index (χ0n) is 8.88. The van der Waals surface area contributed by atoms with Crippen LogP contribution in [0, 0.1) is 11.3 Å². The molecule has 4 heteroatoms. The lowest BCUT2D eigenvalue weighted by Gasteiger charge is -1.87. The first kappa shape index (κ1) is 10.1. The highest BCUT2D eigenvalue weighted by Crippen LogP contribution is 2.29. The number of thiazole rings is 1. The lowest BCUT2D eigenvalue weighted by Crippen LogP contribution is -1.80. The molecule has 0 amide bonds. The van der Waals surface area contributed by atoms with E-state index in [9.17, 15) is 0 Å². The van der Waals surface area contributed by atoms with Gasteiger partial charge in [-0.25, -0.2) is 4.98 Å². The number of nitrogens with zero attached hydrogens (tertiary/aromatic N) is 2. The second kappa shape index (κ2) is 4.04. The monoisotopic (exact) mass is 240 g/mol. The van der Waals surface area contributed by atoms with Gasteiger partial charge in [-0.3, -0.25) is 0 Å². The van der Waals surface area contributed by atoms with Gasteiger partial charge in [-0.15, -0.1) is 11.3 Å². The first-order valence-corrected chi connectivity index (χ1v) is 6.05. The third-order valence-corrected chi connectivity index (χ3v) is 3.35. The minimum absolute atomic E-state index is 0.344. The van der Waals surface area contributed by atoms with Crippen molar-refractivity contribution in [3.63, 3.8) is 0 Å². The molecule has 0 fully saturated rings. The van der Waals surface area contributed by atoms with E-state index < -0.39 is 0 Å². The van der Waals surface area contributed by atoms with Gasteiger partial charge in [0.1, 0.15) is 5.58 Å². The minimum atomic E-state index is 0.344. The van der Waals surface area contributed by atoms with Gasteiger partial charge < -0.3 is 4.42 Å². The van der Waals surface area contributed by atoms with Gasteiger partial charge >= 0.3 is 0 Å². The normalized spacial score (nSPS) is 10.5. The van der Waals surface area contributed by atoms with Crippen LogP contribution in [0.2, 0.25) is 0 Å². The Kier molecular flexibility index (Phi) is 2.39. The van der Waals surface area contributed by atoms with E-state index in [0.29, 0.717) is 6.42 Å². The molecule has 0 saturated carbocycles. The van der Waals surface area contributed by atoms with Gasteiger partial charge in [0.05, 0.1) is 18.2 Å². The van der Waals surface area contributed by atoms with E-state index in [1.807, 2.05) is 35.7 Å². The molecular formula is C13H8N2OS. The smallest absolute Gasteiger partial charge is 0.164 e. The summed E-state index contributed by atoms with van der Waals surface area (Å²) in [7, 11) is 0. The number of fused-ring (bicyclic) bond motifs is 1. The van der Waals surface area contributed by atoms with Crippen LogP contribution < -0.4 is 0 Å². The van der Waals surface area contributed by atoms with E-state index in [4.69, 9.17) is 9.68 Å². The van der Waals surface area contributed by atoms with Crippen molar-refractivity contribution < 1.29 is 4.42 Å². The van der Waals surface area contributed by atoms with Gasteiger partial charge in [-0.2, -0.15) is 5.26 Å². The maximum atomic E-state index is 8.61. The van der Waals surface area contributed by atoms with E-state index in [1.54, 1.807) is 0 Å². The van der Waals surface area contributed by atoms with E-state index in [-0.39, 0.29) is 0 Å². The first-order chi connectivity index (χ1) is 8.36. The molecule has 2 aromatic heterocycles. The van der Waals surface area contributed by atoms with Crippen LogP contribution in [0.25, 0.3) is 21.7 Å². The van der Waals surface area contributed by atoms with E-state index in [1.165, 1.54) is 11.3 Å². The molecule has 17 heavy (non-hydrogen) atoms. The molecule has 3 aromatic rings. The van der Waals surface area contributed by atoms with Gasteiger partial charge in [-0.1, -0.05) is 18.2 Å². The number of para-hydroxylation sites is 1. The Morgan fingerprint density at radius 3 is 3.06 bits per heavy atom. The molecule has 0 spiro atoms.